The third-order valence-electron chi connectivity index (χ3n) is 4.60. The number of aromatic nitrogens is 1. The zero-order valence-electron chi connectivity index (χ0n) is 17.0. The van der Waals surface area contributed by atoms with E-state index in [1.54, 1.807) is 6.07 Å². The molecule has 3 N–H and O–H groups in total. The van der Waals surface area contributed by atoms with Gasteiger partial charge in [0.2, 0.25) is 5.91 Å². The standard InChI is InChI=1S/C22H24N3O4S2/c1-2-18-15-30-22(23-18)20(24-21(26)13-10-16-6-4-3-5-7-16)14-17-8-11-19(12-9-17)25-31(27,28)29/h3-8,11-12,15,20,25H,2,10,13-14H2,1H3,(H,24,26)(H,27,28,29). The molecule has 2 aromatic carbocycles. The second kappa shape index (κ2) is 10.5. The van der Waals surface area contributed by atoms with Crippen molar-refractivity contribution in [1.29, 1.82) is 0 Å². The van der Waals surface area contributed by atoms with Gasteiger partial charge in [0.15, 0.2) is 0 Å². The van der Waals surface area contributed by atoms with Crippen molar-refractivity contribution in [1.82, 2.24) is 10.3 Å². The van der Waals surface area contributed by atoms with Gasteiger partial charge in [0, 0.05) is 11.8 Å². The van der Waals surface area contributed by atoms with Gasteiger partial charge in [0.05, 0.1) is 17.4 Å². The fourth-order valence-corrected chi connectivity index (χ4v) is 4.41. The van der Waals surface area contributed by atoms with Crippen molar-refractivity contribution in [3.05, 3.63) is 81.8 Å². The molecule has 3 aromatic rings. The summed E-state index contributed by atoms with van der Waals surface area (Å²) in [6.45, 7) is 2.03. The summed E-state index contributed by atoms with van der Waals surface area (Å²) < 4.78 is 32.8. The molecule has 0 aliphatic heterocycles. The van der Waals surface area contributed by atoms with Crippen LogP contribution in [0.1, 0.15) is 41.2 Å². The van der Waals surface area contributed by atoms with Gasteiger partial charge >= 0.3 is 10.3 Å². The molecule has 0 spiro atoms. The van der Waals surface area contributed by atoms with Gasteiger partial charge in [-0.25, -0.2) is 4.98 Å². The van der Waals surface area contributed by atoms with Crippen LogP contribution in [0.2, 0.25) is 0 Å². The van der Waals surface area contributed by atoms with Crippen molar-refractivity contribution in [3.8, 4) is 0 Å². The maximum Gasteiger partial charge on any atom is 0.357 e. The molecule has 1 unspecified atom stereocenters. The number of nitrogens with zero attached hydrogens (tertiary/aromatic N) is 1. The Kier molecular flexibility index (Phi) is 7.78. The molecule has 0 aliphatic carbocycles. The normalized spacial score (nSPS) is 12.3. The molecule has 9 heteroatoms. The second-order valence-electron chi connectivity index (χ2n) is 7.02. The molecule has 0 bridgehead atoms. The number of carbonyl (C=O) groups is 1. The summed E-state index contributed by atoms with van der Waals surface area (Å²) in [5.41, 5.74) is 3.06. The maximum absolute atomic E-state index is 12.6. The highest BCUT2D eigenvalue weighted by atomic mass is 32.2. The van der Waals surface area contributed by atoms with E-state index >= 15 is 0 Å². The molecule has 7 nitrogen and oxygen atoms in total. The predicted molar refractivity (Wildman–Crippen MR) is 121 cm³/mol. The minimum Gasteiger partial charge on any atom is -0.347 e. The summed E-state index contributed by atoms with van der Waals surface area (Å²) in [5.74, 6) is -0.0632. The van der Waals surface area contributed by atoms with E-state index in [0.717, 1.165) is 28.2 Å². The number of anilines is 1. The van der Waals surface area contributed by atoms with E-state index in [4.69, 9.17) is 4.55 Å². The molecule has 3 rings (SSSR count). The van der Waals surface area contributed by atoms with Gasteiger partial charge in [-0.05, 0) is 48.6 Å². The van der Waals surface area contributed by atoms with Gasteiger partial charge < -0.3 is 5.32 Å². The monoisotopic (exact) mass is 458 g/mol. The van der Waals surface area contributed by atoms with Crippen molar-refractivity contribution in [2.75, 3.05) is 4.72 Å². The van der Waals surface area contributed by atoms with E-state index in [2.05, 4.69) is 16.4 Å². The minimum atomic E-state index is -4.34. The Labute approximate surface area is 186 Å². The SMILES string of the molecule is CCc1csc(C(Cc2[c]cc(NS(=O)(=O)O)cc2)NC(=O)CCc2ccccc2)n1. The Hall–Kier alpha value is -2.75. The molecular weight excluding hydrogens is 434 g/mol. The lowest BCUT2D eigenvalue weighted by Crippen LogP contribution is -2.30. The van der Waals surface area contributed by atoms with Crippen LogP contribution in [0.15, 0.2) is 53.9 Å². The van der Waals surface area contributed by atoms with E-state index in [1.165, 1.54) is 23.5 Å². The smallest absolute Gasteiger partial charge is 0.347 e. The largest absolute Gasteiger partial charge is 0.357 e. The predicted octanol–water partition coefficient (Wildman–Crippen LogP) is 3.75. The molecule has 163 valence electrons. The highest BCUT2D eigenvalue weighted by Gasteiger charge is 2.19. The summed E-state index contributed by atoms with van der Waals surface area (Å²) in [4.78, 5) is 17.3. The number of carbonyl (C=O) groups excluding carboxylic acids is 1. The minimum absolute atomic E-state index is 0.0632. The molecule has 0 aliphatic rings. The lowest BCUT2D eigenvalue weighted by atomic mass is 10.0. The number of nitrogens with one attached hydrogen (secondary N) is 2. The molecule has 1 aromatic heterocycles. The van der Waals surface area contributed by atoms with Crippen LogP contribution in [0.25, 0.3) is 0 Å². The zero-order chi connectivity index (χ0) is 22.3. The van der Waals surface area contributed by atoms with Crippen molar-refractivity contribution in [3.63, 3.8) is 0 Å². The quantitative estimate of drug-likeness (QED) is 0.401. The van der Waals surface area contributed by atoms with E-state index in [1.807, 2.05) is 47.4 Å². The first-order valence-corrected chi connectivity index (χ1v) is 12.2. The summed E-state index contributed by atoms with van der Waals surface area (Å²) in [5, 5.41) is 5.89. The molecule has 1 amide bonds. The first-order valence-electron chi connectivity index (χ1n) is 9.86. The van der Waals surface area contributed by atoms with Crippen LogP contribution in [0.3, 0.4) is 0 Å². The summed E-state index contributed by atoms with van der Waals surface area (Å²) >= 11 is 1.50. The molecule has 0 saturated carbocycles. The van der Waals surface area contributed by atoms with Crippen molar-refractivity contribution in [2.45, 2.75) is 38.6 Å². The molecule has 31 heavy (non-hydrogen) atoms. The fraction of sp³-hybridized carbons (Fsp3) is 0.273. The van der Waals surface area contributed by atoms with Gasteiger partial charge in [-0.3, -0.25) is 14.1 Å². The topological polar surface area (TPSA) is 108 Å². The number of benzene rings is 2. The van der Waals surface area contributed by atoms with E-state index in [-0.39, 0.29) is 17.6 Å². The number of hydrogen-bond acceptors (Lipinski definition) is 5. The molecule has 1 atom stereocenters. The van der Waals surface area contributed by atoms with Crippen LogP contribution in [0.5, 0.6) is 0 Å². The first kappa shape index (κ1) is 22.9. The second-order valence-corrected chi connectivity index (χ2v) is 9.06. The van der Waals surface area contributed by atoms with Crippen molar-refractivity contribution >= 4 is 33.2 Å². The number of amides is 1. The summed E-state index contributed by atoms with van der Waals surface area (Å²) in [6.07, 6.45) is 2.29. The van der Waals surface area contributed by atoms with E-state index in [0.29, 0.717) is 19.3 Å². The molecule has 1 heterocycles. The van der Waals surface area contributed by atoms with Gasteiger partial charge in [-0.15, -0.1) is 11.3 Å². The number of thiazole rings is 1. The third kappa shape index (κ3) is 7.46. The highest BCUT2D eigenvalue weighted by Crippen LogP contribution is 2.24. The van der Waals surface area contributed by atoms with Gasteiger partial charge in [-0.2, -0.15) is 8.42 Å². The lowest BCUT2D eigenvalue weighted by molar-refractivity contribution is -0.121. The Morgan fingerprint density at radius 2 is 2.00 bits per heavy atom. The van der Waals surface area contributed by atoms with E-state index < -0.39 is 10.3 Å². The number of aryl methyl sites for hydroxylation is 2. The highest BCUT2D eigenvalue weighted by molar-refractivity contribution is 7.87. The van der Waals surface area contributed by atoms with Crippen LogP contribution < -0.4 is 10.0 Å². The maximum atomic E-state index is 12.6. The Morgan fingerprint density at radius 1 is 1.23 bits per heavy atom. The average molecular weight is 459 g/mol. The van der Waals surface area contributed by atoms with Gasteiger partial charge in [-0.1, -0.05) is 43.3 Å². The van der Waals surface area contributed by atoms with Crippen molar-refractivity contribution < 1.29 is 17.8 Å². The van der Waals surface area contributed by atoms with Crippen LogP contribution in [0.4, 0.5) is 5.69 Å². The molecule has 1 radical (unpaired) electrons. The van der Waals surface area contributed by atoms with Crippen LogP contribution in [-0.2, 0) is 34.4 Å². The molecule has 0 fully saturated rings. The van der Waals surface area contributed by atoms with E-state index in [9.17, 15) is 13.2 Å². The summed E-state index contributed by atoms with van der Waals surface area (Å²) in [6, 6.07) is 17.2. The third-order valence-corrected chi connectivity index (χ3v) is 6.10. The molecular formula is C22H24N3O4S2. The van der Waals surface area contributed by atoms with Crippen molar-refractivity contribution in [2.24, 2.45) is 0 Å². The van der Waals surface area contributed by atoms with Crippen LogP contribution in [0, 0.1) is 6.07 Å². The average Bonchev–Trinajstić information content (AvgIpc) is 3.22. The molecule has 0 saturated heterocycles. The van der Waals surface area contributed by atoms with Crippen LogP contribution >= 0.6 is 11.3 Å². The Morgan fingerprint density at radius 3 is 2.61 bits per heavy atom. The van der Waals surface area contributed by atoms with Gasteiger partial charge in [0.1, 0.15) is 5.01 Å². The zero-order valence-corrected chi connectivity index (χ0v) is 18.7. The van der Waals surface area contributed by atoms with Crippen LogP contribution in [-0.4, -0.2) is 23.9 Å². The number of rotatable bonds is 10. The Balaban J connectivity index is 1.69. The fourth-order valence-electron chi connectivity index (χ4n) is 3.03. The lowest BCUT2D eigenvalue weighted by Gasteiger charge is -2.17. The number of hydrogen-bond donors (Lipinski definition) is 3. The Bertz CT molecular complexity index is 1100. The first-order chi connectivity index (χ1) is 14.8. The summed E-state index contributed by atoms with van der Waals surface area (Å²) in [7, 11) is -4.34. The van der Waals surface area contributed by atoms with Gasteiger partial charge in [0.25, 0.3) is 0 Å².